The van der Waals surface area contributed by atoms with Crippen LogP contribution in [0.4, 0.5) is 28.9 Å². The zero-order chi connectivity index (χ0) is 19.7. The van der Waals surface area contributed by atoms with Crippen LogP contribution in [0.3, 0.4) is 0 Å². The van der Waals surface area contributed by atoms with E-state index < -0.39 is 11.7 Å². The smallest absolute Gasteiger partial charge is 0.355 e. The number of hydrogen-bond acceptors (Lipinski definition) is 6. The maximum absolute atomic E-state index is 12.7. The Labute approximate surface area is 163 Å². The molecule has 1 saturated carbocycles. The molecule has 0 unspecified atom stereocenters. The largest absolute Gasteiger partial charge is 0.417 e. The summed E-state index contributed by atoms with van der Waals surface area (Å²) in [5.74, 6) is 0.972. The fourth-order valence-electron chi connectivity index (χ4n) is 3.04. The number of nitrogens with one attached hydrogen (secondary N) is 1. The van der Waals surface area contributed by atoms with Crippen LogP contribution in [0, 0.1) is 0 Å². The minimum Gasteiger partial charge on any atom is -0.355 e. The second-order valence-electron chi connectivity index (χ2n) is 6.88. The first kappa shape index (κ1) is 18.9. The molecule has 0 aromatic carbocycles. The van der Waals surface area contributed by atoms with Crippen molar-refractivity contribution in [2.45, 2.75) is 31.4 Å². The molecule has 1 aliphatic heterocycles. The molecule has 0 spiro atoms. The number of halogens is 3. The summed E-state index contributed by atoms with van der Waals surface area (Å²) in [6, 6.07) is 2.17. The van der Waals surface area contributed by atoms with Crippen molar-refractivity contribution in [1.29, 1.82) is 0 Å². The molecule has 1 N–H and O–H groups in total. The van der Waals surface area contributed by atoms with Crippen LogP contribution in [0.15, 0.2) is 18.3 Å². The highest BCUT2D eigenvalue weighted by Gasteiger charge is 2.31. The van der Waals surface area contributed by atoms with E-state index in [4.69, 9.17) is 0 Å². The fourth-order valence-corrected chi connectivity index (χ4v) is 3.94. The van der Waals surface area contributed by atoms with Crippen molar-refractivity contribution in [1.82, 2.24) is 20.1 Å². The third-order valence-corrected chi connectivity index (χ3v) is 5.76. The van der Waals surface area contributed by atoms with Gasteiger partial charge in [-0.1, -0.05) is 11.3 Å². The third-order valence-electron chi connectivity index (χ3n) is 4.76. The molecule has 7 nitrogen and oxygen atoms in total. The van der Waals surface area contributed by atoms with Gasteiger partial charge in [-0.05, 0) is 31.4 Å². The van der Waals surface area contributed by atoms with Crippen molar-refractivity contribution in [3.63, 3.8) is 0 Å². The lowest BCUT2D eigenvalue weighted by atomic mass is 10.2. The first-order chi connectivity index (χ1) is 13.4. The van der Waals surface area contributed by atoms with E-state index in [2.05, 4.69) is 20.5 Å². The Kier molecular flexibility index (Phi) is 5.09. The van der Waals surface area contributed by atoms with E-state index in [1.807, 2.05) is 4.90 Å². The minimum absolute atomic E-state index is 0.235. The molecule has 150 valence electrons. The van der Waals surface area contributed by atoms with Crippen molar-refractivity contribution >= 4 is 28.3 Å². The number of amides is 2. The molecule has 1 aliphatic carbocycles. The quantitative estimate of drug-likeness (QED) is 0.834. The number of rotatable bonds is 3. The van der Waals surface area contributed by atoms with E-state index in [1.54, 1.807) is 4.90 Å². The van der Waals surface area contributed by atoms with Crippen molar-refractivity contribution in [3.8, 4) is 0 Å². The summed E-state index contributed by atoms with van der Waals surface area (Å²) in [7, 11) is 0. The van der Waals surface area contributed by atoms with Crippen LogP contribution in [0.2, 0.25) is 0 Å². The lowest BCUT2D eigenvalue weighted by Gasteiger charge is -2.23. The van der Waals surface area contributed by atoms with Crippen molar-refractivity contribution < 1.29 is 18.0 Å². The number of nitrogens with zero attached hydrogens (tertiary/aromatic N) is 5. The summed E-state index contributed by atoms with van der Waals surface area (Å²) in [6.45, 7) is 2.11. The van der Waals surface area contributed by atoms with Crippen LogP contribution in [-0.2, 0) is 6.18 Å². The SMILES string of the molecule is O=C(Nc1nnc(C2CC2)s1)N1CCCN(c2ccc(C(F)(F)F)cn2)CC1. The molecule has 2 amide bonds. The van der Waals surface area contributed by atoms with Gasteiger partial charge in [0.15, 0.2) is 0 Å². The second-order valence-corrected chi connectivity index (χ2v) is 7.89. The average molecular weight is 412 g/mol. The molecule has 28 heavy (non-hydrogen) atoms. The van der Waals surface area contributed by atoms with Crippen LogP contribution in [0.25, 0.3) is 0 Å². The number of aromatic nitrogens is 3. The molecule has 1 saturated heterocycles. The number of carbonyl (C=O) groups is 1. The summed E-state index contributed by atoms with van der Waals surface area (Å²) < 4.78 is 38.0. The van der Waals surface area contributed by atoms with Gasteiger partial charge in [0.2, 0.25) is 5.13 Å². The number of carbonyl (C=O) groups excluding carboxylic acids is 1. The zero-order valence-corrected chi connectivity index (χ0v) is 15.8. The molecule has 2 aromatic heterocycles. The van der Waals surface area contributed by atoms with Gasteiger partial charge in [0.25, 0.3) is 0 Å². The van der Waals surface area contributed by atoms with E-state index >= 15 is 0 Å². The van der Waals surface area contributed by atoms with Gasteiger partial charge in [-0.3, -0.25) is 5.32 Å². The second kappa shape index (κ2) is 7.53. The normalized spacial score (nSPS) is 18.1. The molecule has 0 atom stereocenters. The Morgan fingerprint density at radius 1 is 1.14 bits per heavy atom. The molecule has 2 aliphatic rings. The van der Waals surface area contributed by atoms with Crippen LogP contribution >= 0.6 is 11.3 Å². The van der Waals surface area contributed by atoms with Gasteiger partial charge in [0, 0.05) is 38.3 Å². The molecular weight excluding hydrogens is 393 g/mol. The van der Waals surface area contributed by atoms with Crippen molar-refractivity contribution in [2.75, 3.05) is 36.4 Å². The van der Waals surface area contributed by atoms with Gasteiger partial charge in [-0.25, -0.2) is 9.78 Å². The van der Waals surface area contributed by atoms with Crippen molar-refractivity contribution in [2.24, 2.45) is 0 Å². The van der Waals surface area contributed by atoms with Gasteiger partial charge >= 0.3 is 12.2 Å². The molecule has 11 heteroatoms. The van der Waals surface area contributed by atoms with E-state index in [1.165, 1.54) is 17.4 Å². The van der Waals surface area contributed by atoms with Gasteiger partial charge in [0.05, 0.1) is 5.56 Å². The van der Waals surface area contributed by atoms with Gasteiger partial charge < -0.3 is 9.80 Å². The predicted octanol–water partition coefficient (Wildman–Crippen LogP) is 3.57. The number of urea groups is 1. The summed E-state index contributed by atoms with van der Waals surface area (Å²) in [5, 5.41) is 12.4. The Balaban J connectivity index is 1.34. The standard InChI is InChI=1S/C17H19F3N6OS/c18-17(19,20)12-4-5-13(21-10-12)25-6-1-7-26(9-8-25)16(27)22-15-24-23-14(28-15)11-2-3-11/h4-5,10-11H,1-3,6-9H2,(H,22,24,27). The highest BCUT2D eigenvalue weighted by atomic mass is 32.1. The van der Waals surface area contributed by atoms with E-state index in [9.17, 15) is 18.0 Å². The zero-order valence-electron chi connectivity index (χ0n) is 14.9. The van der Waals surface area contributed by atoms with Gasteiger partial charge in [0.1, 0.15) is 10.8 Å². The molecule has 4 rings (SSSR count). The Morgan fingerprint density at radius 3 is 2.64 bits per heavy atom. The summed E-state index contributed by atoms with van der Waals surface area (Å²) in [5.41, 5.74) is -0.769. The van der Waals surface area contributed by atoms with Crippen molar-refractivity contribution in [3.05, 3.63) is 28.9 Å². The third kappa shape index (κ3) is 4.34. The Hall–Kier alpha value is -2.43. The maximum Gasteiger partial charge on any atom is 0.417 e. The van der Waals surface area contributed by atoms with Crippen LogP contribution in [0.5, 0.6) is 0 Å². The van der Waals surface area contributed by atoms with E-state index in [-0.39, 0.29) is 6.03 Å². The highest BCUT2D eigenvalue weighted by Crippen LogP contribution is 2.42. The minimum atomic E-state index is -4.40. The lowest BCUT2D eigenvalue weighted by Crippen LogP contribution is -2.38. The lowest BCUT2D eigenvalue weighted by molar-refractivity contribution is -0.137. The molecule has 0 radical (unpaired) electrons. The topological polar surface area (TPSA) is 74.2 Å². The summed E-state index contributed by atoms with van der Waals surface area (Å²) >= 11 is 1.41. The molecule has 2 aromatic rings. The van der Waals surface area contributed by atoms with E-state index in [0.29, 0.717) is 49.5 Å². The number of hydrogen-bond donors (Lipinski definition) is 1. The molecule has 0 bridgehead atoms. The summed E-state index contributed by atoms with van der Waals surface area (Å²) in [6.07, 6.45) is -0.606. The van der Waals surface area contributed by atoms with Crippen LogP contribution in [0.1, 0.15) is 35.8 Å². The number of anilines is 2. The average Bonchev–Trinajstić information content (AvgIpc) is 3.45. The van der Waals surface area contributed by atoms with Gasteiger partial charge in [-0.15, -0.1) is 10.2 Å². The Morgan fingerprint density at radius 2 is 1.96 bits per heavy atom. The maximum atomic E-state index is 12.7. The Bertz CT molecular complexity index is 836. The first-order valence-corrected chi connectivity index (χ1v) is 9.89. The number of pyridine rings is 1. The predicted molar refractivity (Wildman–Crippen MR) is 98.5 cm³/mol. The molecular formula is C17H19F3N6OS. The van der Waals surface area contributed by atoms with E-state index in [0.717, 1.165) is 30.1 Å². The van der Waals surface area contributed by atoms with Crippen LogP contribution in [-0.4, -0.2) is 52.3 Å². The van der Waals surface area contributed by atoms with Gasteiger partial charge in [-0.2, -0.15) is 13.2 Å². The first-order valence-electron chi connectivity index (χ1n) is 9.07. The molecule has 3 heterocycles. The monoisotopic (exact) mass is 412 g/mol. The number of alkyl halides is 3. The van der Waals surface area contributed by atoms with Crippen LogP contribution < -0.4 is 10.2 Å². The highest BCUT2D eigenvalue weighted by molar-refractivity contribution is 7.15. The molecule has 2 fully saturated rings. The fraction of sp³-hybridized carbons (Fsp3) is 0.529. The summed E-state index contributed by atoms with van der Waals surface area (Å²) in [4.78, 5) is 20.0.